The smallest absolute Gasteiger partial charge is 0.305 e. The summed E-state index contributed by atoms with van der Waals surface area (Å²) in [6.45, 7) is -0.292. The van der Waals surface area contributed by atoms with Gasteiger partial charge >= 0.3 is 5.97 Å². The zero-order chi connectivity index (χ0) is 21.7. The Hall–Kier alpha value is -3.88. The van der Waals surface area contributed by atoms with Gasteiger partial charge < -0.3 is 19.9 Å². The van der Waals surface area contributed by atoms with Crippen molar-refractivity contribution < 1.29 is 24.2 Å². The highest BCUT2D eigenvalue weighted by molar-refractivity contribution is 5.79. The number of para-hydroxylation sites is 1. The van der Waals surface area contributed by atoms with Gasteiger partial charge in [-0.3, -0.25) is 19.0 Å². The number of carbonyl (C=O) groups is 2. The molecule has 0 saturated carbocycles. The van der Waals surface area contributed by atoms with E-state index in [2.05, 4.69) is 10.3 Å². The summed E-state index contributed by atoms with van der Waals surface area (Å²) in [7, 11) is 2.95. The topological polar surface area (TPSA) is 120 Å². The Labute approximate surface area is 171 Å². The summed E-state index contributed by atoms with van der Waals surface area (Å²) in [4.78, 5) is 40.7. The Morgan fingerprint density at radius 1 is 1.13 bits per heavy atom. The number of aromatic nitrogens is 2. The minimum Gasteiger partial charge on any atom is -0.493 e. The van der Waals surface area contributed by atoms with Crippen LogP contribution >= 0.6 is 0 Å². The van der Waals surface area contributed by atoms with Crippen LogP contribution in [0.15, 0.2) is 53.6 Å². The molecule has 0 saturated heterocycles. The Kier molecular flexibility index (Phi) is 6.31. The average Bonchev–Trinajstić information content (AvgIpc) is 2.74. The molecular weight excluding hydrogens is 390 g/mol. The molecule has 0 aliphatic rings. The molecular formula is C21H21N3O6. The van der Waals surface area contributed by atoms with E-state index in [9.17, 15) is 19.5 Å². The Morgan fingerprint density at radius 2 is 1.87 bits per heavy atom. The maximum atomic E-state index is 12.6. The zero-order valence-electron chi connectivity index (χ0n) is 16.5. The van der Waals surface area contributed by atoms with Crippen molar-refractivity contribution in [2.24, 2.45) is 0 Å². The standard InChI is InChI=1S/C21H21N3O6/c1-29-17-8-7-13(9-18(17)30-2)16(10-20(26)27)23-19(25)11-24-12-22-15-6-4-3-5-14(15)21(24)28/h3-9,12,16H,10-11H2,1-2H3,(H,23,25)(H,26,27)/t16-/m0/s1. The number of hydrogen-bond acceptors (Lipinski definition) is 6. The molecule has 9 nitrogen and oxygen atoms in total. The predicted octanol–water partition coefficient (Wildman–Crippen LogP) is 1.75. The van der Waals surface area contributed by atoms with Crippen molar-refractivity contribution in [1.82, 2.24) is 14.9 Å². The highest BCUT2D eigenvalue weighted by Gasteiger charge is 2.20. The largest absolute Gasteiger partial charge is 0.493 e. The second-order valence-corrected chi connectivity index (χ2v) is 6.53. The van der Waals surface area contributed by atoms with Gasteiger partial charge in [-0.15, -0.1) is 0 Å². The fraction of sp³-hybridized carbons (Fsp3) is 0.238. The molecule has 1 atom stereocenters. The molecule has 0 unspecified atom stereocenters. The van der Waals surface area contributed by atoms with E-state index in [1.54, 1.807) is 42.5 Å². The van der Waals surface area contributed by atoms with Crippen LogP contribution in [0, 0.1) is 0 Å². The first kappa shape index (κ1) is 20.8. The molecule has 3 rings (SSSR count). The van der Waals surface area contributed by atoms with Crippen molar-refractivity contribution in [3.05, 3.63) is 64.7 Å². The van der Waals surface area contributed by atoms with E-state index >= 15 is 0 Å². The second kappa shape index (κ2) is 9.08. The van der Waals surface area contributed by atoms with Gasteiger partial charge in [-0.05, 0) is 29.8 Å². The van der Waals surface area contributed by atoms with E-state index < -0.39 is 17.9 Å². The lowest BCUT2D eigenvalue weighted by molar-refractivity contribution is -0.137. The third-order valence-electron chi connectivity index (χ3n) is 4.57. The number of carbonyl (C=O) groups excluding carboxylic acids is 1. The van der Waals surface area contributed by atoms with Gasteiger partial charge in [0.15, 0.2) is 11.5 Å². The molecule has 3 aromatic rings. The van der Waals surface area contributed by atoms with E-state index in [-0.39, 0.29) is 18.5 Å². The Balaban J connectivity index is 1.83. The van der Waals surface area contributed by atoms with Crippen molar-refractivity contribution in [2.45, 2.75) is 19.0 Å². The second-order valence-electron chi connectivity index (χ2n) is 6.53. The van der Waals surface area contributed by atoms with Gasteiger partial charge in [0.2, 0.25) is 5.91 Å². The number of carboxylic acid groups (broad SMARTS) is 1. The summed E-state index contributed by atoms with van der Waals surface area (Å²) >= 11 is 0. The first-order chi connectivity index (χ1) is 14.4. The molecule has 0 radical (unpaired) electrons. The summed E-state index contributed by atoms with van der Waals surface area (Å²) in [5, 5.41) is 12.3. The summed E-state index contributed by atoms with van der Waals surface area (Å²) in [6.07, 6.45) is 0.957. The lowest BCUT2D eigenvalue weighted by Crippen LogP contribution is -2.35. The maximum absolute atomic E-state index is 12.6. The van der Waals surface area contributed by atoms with Gasteiger partial charge in [0, 0.05) is 0 Å². The summed E-state index contributed by atoms with van der Waals surface area (Å²) < 4.78 is 11.6. The Bertz CT molecular complexity index is 1140. The van der Waals surface area contributed by atoms with E-state index in [0.717, 1.165) is 0 Å². The van der Waals surface area contributed by atoms with Gasteiger partial charge in [-0.1, -0.05) is 18.2 Å². The number of amides is 1. The lowest BCUT2D eigenvalue weighted by atomic mass is 10.0. The quantitative estimate of drug-likeness (QED) is 0.579. The van der Waals surface area contributed by atoms with Crippen LogP contribution in [0.25, 0.3) is 10.9 Å². The summed E-state index contributed by atoms with van der Waals surface area (Å²) in [6, 6.07) is 10.9. The van der Waals surface area contributed by atoms with E-state index in [4.69, 9.17) is 9.47 Å². The summed E-state index contributed by atoms with van der Waals surface area (Å²) in [5.74, 6) is -0.708. The monoisotopic (exact) mass is 411 g/mol. The van der Waals surface area contributed by atoms with Crippen molar-refractivity contribution in [1.29, 1.82) is 0 Å². The first-order valence-corrected chi connectivity index (χ1v) is 9.10. The number of methoxy groups -OCH3 is 2. The van der Waals surface area contributed by atoms with Crippen LogP contribution in [-0.4, -0.2) is 40.8 Å². The number of rotatable bonds is 8. The minimum absolute atomic E-state index is 0.292. The highest BCUT2D eigenvalue weighted by atomic mass is 16.5. The van der Waals surface area contributed by atoms with Gasteiger partial charge in [0.05, 0.1) is 43.9 Å². The number of benzene rings is 2. The fourth-order valence-corrected chi connectivity index (χ4v) is 3.11. The predicted molar refractivity (Wildman–Crippen MR) is 109 cm³/mol. The molecule has 1 aromatic heterocycles. The molecule has 2 N–H and O–H groups in total. The Morgan fingerprint density at radius 3 is 2.57 bits per heavy atom. The molecule has 0 aliphatic heterocycles. The molecule has 1 heterocycles. The third kappa shape index (κ3) is 4.57. The zero-order valence-corrected chi connectivity index (χ0v) is 16.5. The van der Waals surface area contributed by atoms with Crippen LogP contribution in [0.3, 0.4) is 0 Å². The number of ether oxygens (including phenoxy) is 2. The third-order valence-corrected chi connectivity index (χ3v) is 4.57. The van der Waals surface area contributed by atoms with Crippen LogP contribution in [-0.2, 0) is 16.1 Å². The number of carboxylic acids is 1. The van der Waals surface area contributed by atoms with Crippen molar-refractivity contribution in [2.75, 3.05) is 14.2 Å². The van der Waals surface area contributed by atoms with Gasteiger partial charge in [0.1, 0.15) is 6.54 Å². The van der Waals surface area contributed by atoms with Gasteiger partial charge in [-0.25, -0.2) is 4.98 Å². The van der Waals surface area contributed by atoms with E-state index in [1.807, 2.05) is 0 Å². The molecule has 0 spiro atoms. The van der Waals surface area contributed by atoms with Crippen LogP contribution in [0.1, 0.15) is 18.0 Å². The number of fused-ring (bicyclic) bond motifs is 1. The van der Waals surface area contributed by atoms with Gasteiger partial charge in [0.25, 0.3) is 5.56 Å². The van der Waals surface area contributed by atoms with E-state index in [1.165, 1.54) is 25.1 Å². The van der Waals surface area contributed by atoms with Crippen LogP contribution < -0.4 is 20.3 Å². The molecule has 0 aliphatic carbocycles. The molecule has 0 fully saturated rings. The molecule has 156 valence electrons. The van der Waals surface area contributed by atoms with Crippen LogP contribution in [0.5, 0.6) is 11.5 Å². The lowest BCUT2D eigenvalue weighted by Gasteiger charge is -2.19. The average molecular weight is 411 g/mol. The molecule has 1 amide bonds. The number of hydrogen-bond donors (Lipinski definition) is 2. The number of aliphatic carboxylic acids is 1. The van der Waals surface area contributed by atoms with Crippen molar-refractivity contribution in [3.63, 3.8) is 0 Å². The minimum atomic E-state index is -1.08. The summed E-state index contributed by atoms with van der Waals surface area (Å²) in [5.41, 5.74) is 0.720. The first-order valence-electron chi connectivity index (χ1n) is 9.10. The van der Waals surface area contributed by atoms with Gasteiger partial charge in [-0.2, -0.15) is 0 Å². The van der Waals surface area contributed by atoms with Crippen LogP contribution in [0.2, 0.25) is 0 Å². The van der Waals surface area contributed by atoms with Crippen LogP contribution in [0.4, 0.5) is 0 Å². The highest BCUT2D eigenvalue weighted by Crippen LogP contribution is 2.31. The molecule has 2 aromatic carbocycles. The van der Waals surface area contributed by atoms with Crippen molar-refractivity contribution >= 4 is 22.8 Å². The molecule has 9 heteroatoms. The molecule has 30 heavy (non-hydrogen) atoms. The maximum Gasteiger partial charge on any atom is 0.305 e. The van der Waals surface area contributed by atoms with E-state index in [0.29, 0.717) is 28.0 Å². The SMILES string of the molecule is COc1ccc([C@H](CC(=O)O)NC(=O)Cn2cnc3ccccc3c2=O)cc1OC. The van der Waals surface area contributed by atoms with Crippen molar-refractivity contribution in [3.8, 4) is 11.5 Å². The number of nitrogens with one attached hydrogen (secondary N) is 1. The number of nitrogens with zero attached hydrogens (tertiary/aromatic N) is 2. The fourth-order valence-electron chi connectivity index (χ4n) is 3.11. The normalized spacial score (nSPS) is 11.7. The molecule has 0 bridgehead atoms.